The fraction of sp³-hybridized carbons (Fsp3) is 0.280. The van der Waals surface area contributed by atoms with E-state index in [1.807, 2.05) is 0 Å². The van der Waals surface area contributed by atoms with Gasteiger partial charge in [-0.15, -0.1) is 9.36 Å². The van der Waals surface area contributed by atoms with Crippen LogP contribution in [0.5, 0.6) is 0 Å². The summed E-state index contributed by atoms with van der Waals surface area (Å²) in [7, 11) is 2.13. The van der Waals surface area contributed by atoms with Gasteiger partial charge in [0.1, 0.15) is 5.69 Å². The molecule has 3 heteroatoms. The Bertz CT molecular complexity index is 1180. The molecule has 2 heterocycles. The number of aryl methyl sites for hydroxylation is 2. The third kappa shape index (κ3) is 3.01. The minimum atomic E-state index is 0.0611. The van der Waals surface area contributed by atoms with Crippen LogP contribution in [-0.2, 0) is 12.5 Å². The van der Waals surface area contributed by atoms with Crippen molar-refractivity contribution in [3.63, 3.8) is 0 Å². The molecule has 2 aromatic heterocycles. The lowest BCUT2D eigenvalue weighted by atomic mass is 9.85. The molecule has 0 aliphatic heterocycles. The predicted octanol–water partition coefficient (Wildman–Crippen LogP) is 4.65. The molecule has 0 saturated heterocycles. The van der Waals surface area contributed by atoms with E-state index in [2.05, 4.69) is 123 Å². The molecule has 3 nitrogen and oxygen atoms in total. The fourth-order valence-electron chi connectivity index (χ4n) is 3.86. The smallest absolute Gasteiger partial charge is 0.164 e. The molecule has 4 aromatic rings. The molecule has 0 atom stereocenters. The summed E-state index contributed by atoms with van der Waals surface area (Å²) in [6.07, 6.45) is 4.39. The van der Waals surface area contributed by atoms with Crippen LogP contribution in [0.25, 0.3) is 22.3 Å². The Balaban J connectivity index is 2.05. The number of pyridine rings is 1. The molecule has 0 radical (unpaired) electrons. The average molecular weight is 372 g/mol. The summed E-state index contributed by atoms with van der Waals surface area (Å²) >= 11 is 0. The monoisotopic (exact) mass is 371 g/mol. The summed E-state index contributed by atoms with van der Waals surface area (Å²) in [6, 6.07) is 19.6. The van der Waals surface area contributed by atoms with Crippen molar-refractivity contribution in [1.82, 2.24) is 4.68 Å². The third-order valence-corrected chi connectivity index (χ3v) is 5.66. The predicted molar refractivity (Wildman–Crippen MR) is 114 cm³/mol. The quantitative estimate of drug-likeness (QED) is 0.455. The first-order valence-electron chi connectivity index (χ1n) is 9.87. The van der Waals surface area contributed by atoms with Crippen molar-refractivity contribution >= 4 is 10.9 Å². The molecule has 0 spiro atoms. The Morgan fingerprint density at radius 3 is 2.29 bits per heavy atom. The van der Waals surface area contributed by atoms with Crippen LogP contribution in [0.1, 0.15) is 37.6 Å². The van der Waals surface area contributed by atoms with Crippen LogP contribution in [0.4, 0.5) is 0 Å². The summed E-state index contributed by atoms with van der Waals surface area (Å²) in [6.45, 7) is 11.2. The molecule has 142 valence electrons. The zero-order valence-electron chi connectivity index (χ0n) is 17.7. The van der Waals surface area contributed by atoms with Crippen molar-refractivity contribution in [2.75, 3.05) is 0 Å². The van der Waals surface area contributed by atoms with Gasteiger partial charge in [0.15, 0.2) is 18.9 Å². The average Bonchev–Trinajstić information content (AvgIpc) is 2.99. The van der Waals surface area contributed by atoms with E-state index in [1.54, 1.807) is 0 Å². The van der Waals surface area contributed by atoms with Gasteiger partial charge in [-0.1, -0.05) is 39.0 Å². The molecular weight excluding hydrogens is 342 g/mol. The Morgan fingerprint density at radius 2 is 1.61 bits per heavy atom. The second kappa shape index (κ2) is 6.59. The SMILES string of the molecule is Cc1c(-n2cc3ccccc3[n+]2C)cc(C(C)(C)C)cc1-[n+]1ccccc1C. The zero-order chi connectivity index (χ0) is 20.1. The minimum Gasteiger partial charge on any atom is -0.164 e. The molecule has 0 aliphatic carbocycles. The highest BCUT2D eigenvalue weighted by atomic mass is 15.4. The van der Waals surface area contributed by atoms with Crippen LogP contribution in [0.15, 0.2) is 67.0 Å². The van der Waals surface area contributed by atoms with Gasteiger partial charge in [-0.3, -0.25) is 0 Å². The van der Waals surface area contributed by atoms with Crippen LogP contribution >= 0.6 is 0 Å². The Kier molecular flexibility index (Phi) is 4.34. The standard InChI is InChI=1S/C25H29N3/c1-18-11-9-10-14-27(18)23-15-21(25(3,4)5)16-24(19(23)2)28-17-20-12-7-8-13-22(20)26(28)6/h7-17H,1-6H3/q+2. The normalized spacial score (nSPS) is 11.9. The number of nitrogens with zero attached hydrogens (tertiary/aromatic N) is 3. The molecule has 0 aliphatic rings. The summed E-state index contributed by atoms with van der Waals surface area (Å²) < 4.78 is 6.80. The lowest BCUT2D eigenvalue weighted by Crippen LogP contribution is -2.40. The maximum atomic E-state index is 2.34. The highest BCUT2D eigenvalue weighted by molar-refractivity contribution is 5.75. The fourth-order valence-corrected chi connectivity index (χ4v) is 3.86. The van der Waals surface area contributed by atoms with Crippen molar-refractivity contribution in [2.24, 2.45) is 7.05 Å². The number of aromatic nitrogens is 3. The second-order valence-corrected chi connectivity index (χ2v) is 8.66. The van der Waals surface area contributed by atoms with Gasteiger partial charge in [-0.2, -0.15) is 4.57 Å². The van der Waals surface area contributed by atoms with E-state index in [1.165, 1.54) is 39.1 Å². The molecule has 0 bridgehead atoms. The topological polar surface area (TPSA) is 12.7 Å². The van der Waals surface area contributed by atoms with Gasteiger partial charge >= 0.3 is 0 Å². The summed E-state index contributed by atoms with van der Waals surface area (Å²) in [5.41, 5.74) is 7.57. The van der Waals surface area contributed by atoms with E-state index in [0.29, 0.717) is 0 Å². The van der Waals surface area contributed by atoms with Crippen LogP contribution in [0.2, 0.25) is 0 Å². The minimum absolute atomic E-state index is 0.0611. The molecule has 0 unspecified atom stereocenters. The first kappa shape index (κ1) is 18.4. The van der Waals surface area contributed by atoms with Crippen molar-refractivity contribution in [1.29, 1.82) is 0 Å². The van der Waals surface area contributed by atoms with Gasteiger partial charge in [0.25, 0.3) is 0 Å². The number of benzene rings is 2. The van der Waals surface area contributed by atoms with Gasteiger partial charge < -0.3 is 0 Å². The Morgan fingerprint density at radius 1 is 0.893 bits per heavy atom. The molecule has 0 fully saturated rings. The number of rotatable bonds is 2. The number of hydrogen-bond acceptors (Lipinski definition) is 0. The molecule has 2 aromatic carbocycles. The molecule has 0 saturated carbocycles. The number of para-hydroxylation sites is 1. The lowest BCUT2D eigenvalue weighted by Gasteiger charge is -2.21. The van der Waals surface area contributed by atoms with Crippen LogP contribution in [0.3, 0.4) is 0 Å². The maximum absolute atomic E-state index is 2.34. The Hall–Kier alpha value is -2.94. The molecule has 4 rings (SSSR count). The molecule has 28 heavy (non-hydrogen) atoms. The van der Waals surface area contributed by atoms with Gasteiger partial charge in [-0.25, -0.2) is 0 Å². The van der Waals surface area contributed by atoms with Crippen molar-refractivity contribution in [3.05, 3.63) is 83.8 Å². The van der Waals surface area contributed by atoms with Crippen molar-refractivity contribution in [2.45, 2.75) is 40.0 Å². The van der Waals surface area contributed by atoms with Gasteiger partial charge in [-0.05, 0) is 30.0 Å². The highest BCUT2D eigenvalue weighted by Gasteiger charge is 2.26. The largest absolute Gasteiger partial charge is 0.238 e. The van der Waals surface area contributed by atoms with Crippen LogP contribution < -0.4 is 9.25 Å². The summed E-state index contributed by atoms with van der Waals surface area (Å²) in [5.74, 6) is 0. The highest BCUT2D eigenvalue weighted by Crippen LogP contribution is 2.29. The van der Waals surface area contributed by atoms with E-state index in [4.69, 9.17) is 0 Å². The maximum Gasteiger partial charge on any atom is 0.238 e. The second-order valence-electron chi connectivity index (χ2n) is 8.66. The number of fused-ring (bicyclic) bond motifs is 1. The van der Waals surface area contributed by atoms with Crippen molar-refractivity contribution in [3.8, 4) is 11.4 Å². The van der Waals surface area contributed by atoms with Crippen LogP contribution in [0, 0.1) is 13.8 Å². The van der Waals surface area contributed by atoms with Crippen LogP contribution in [-0.4, -0.2) is 4.68 Å². The Labute approximate surface area is 167 Å². The first-order chi connectivity index (χ1) is 13.3. The van der Waals surface area contributed by atoms with Gasteiger partial charge in [0.2, 0.25) is 11.2 Å². The molecule has 0 N–H and O–H groups in total. The van der Waals surface area contributed by atoms with E-state index < -0.39 is 0 Å². The molecule has 0 amide bonds. The van der Waals surface area contributed by atoms with E-state index in [-0.39, 0.29) is 5.41 Å². The summed E-state index contributed by atoms with van der Waals surface area (Å²) in [4.78, 5) is 0. The molecular formula is C25H29N3+2. The van der Waals surface area contributed by atoms with E-state index in [0.717, 1.165) is 0 Å². The van der Waals surface area contributed by atoms with Gasteiger partial charge in [0, 0.05) is 31.2 Å². The van der Waals surface area contributed by atoms with E-state index >= 15 is 0 Å². The first-order valence-corrected chi connectivity index (χ1v) is 9.87. The van der Waals surface area contributed by atoms with Crippen molar-refractivity contribution < 1.29 is 9.25 Å². The third-order valence-electron chi connectivity index (χ3n) is 5.66. The lowest BCUT2D eigenvalue weighted by molar-refractivity contribution is -0.720. The van der Waals surface area contributed by atoms with Gasteiger partial charge in [0.05, 0.1) is 17.1 Å². The summed E-state index contributed by atoms with van der Waals surface area (Å²) in [5, 5.41) is 1.25. The zero-order valence-corrected chi connectivity index (χ0v) is 17.7. The van der Waals surface area contributed by atoms with E-state index in [9.17, 15) is 0 Å². The number of hydrogen-bond donors (Lipinski definition) is 0.